The molecule has 1 aliphatic rings. The normalized spacial score (nSPS) is 17.0. The van der Waals surface area contributed by atoms with Gasteiger partial charge in [0.25, 0.3) is 5.91 Å². The number of nitrogens with zero attached hydrogens (tertiary/aromatic N) is 4. The van der Waals surface area contributed by atoms with Crippen LogP contribution in [0.3, 0.4) is 0 Å². The highest BCUT2D eigenvalue weighted by Gasteiger charge is 2.33. The summed E-state index contributed by atoms with van der Waals surface area (Å²) in [5, 5.41) is 16.1. The number of aryl methyl sites for hydroxylation is 2. The van der Waals surface area contributed by atoms with E-state index in [0.717, 1.165) is 0 Å². The average Bonchev–Trinajstić information content (AvgIpc) is 3.06. The van der Waals surface area contributed by atoms with Crippen molar-refractivity contribution < 1.29 is 14.7 Å². The third-order valence-corrected chi connectivity index (χ3v) is 4.87. The van der Waals surface area contributed by atoms with E-state index in [-0.39, 0.29) is 36.4 Å². The van der Waals surface area contributed by atoms with E-state index in [0.29, 0.717) is 48.8 Å². The number of rotatable bonds is 5. The summed E-state index contributed by atoms with van der Waals surface area (Å²) in [6, 6.07) is 1.07. The van der Waals surface area contributed by atoms with Crippen molar-refractivity contribution in [1.82, 2.24) is 30.0 Å². The van der Waals surface area contributed by atoms with Gasteiger partial charge in [-0.25, -0.2) is 4.98 Å². The standard InChI is InChI=1S/C18H24N6O4/c1-11-7-16(26)19-9-14(11)18(28)24-5-4-23(10-13(24)3-6-25)17(27)8-15-20-12(2)21-22-15/h7,9,13,25H,3-6,8,10H2,1-2H3,(H,19,26)(H,20,21,22). The monoisotopic (exact) mass is 388 g/mol. The summed E-state index contributed by atoms with van der Waals surface area (Å²) in [5.41, 5.74) is 0.743. The van der Waals surface area contributed by atoms with E-state index in [2.05, 4.69) is 20.2 Å². The smallest absolute Gasteiger partial charge is 0.255 e. The van der Waals surface area contributed by atoms with Crippen LogP contribution in [0.4, 0.5) is 0 Å². The van der Waals surface area contributed by atoms with Gasteiger partial charge in [0.1, 0.15) is 5.82 Å². The lowest BCUT2D eigenvalue weighted by Gasteiger charge is -2.41. The summed E-state index contributed by atoms with van der Waals surface area (Å²) in [7, 11) is 0. The summed E-state index contributed by atoms with van der Waals surface area (Å²) >= 11 is 0. The Morgan fingerprint density at radius 1 is 1.32 bits per heavy atom. The van der Waals surface area contributed by atoms with Crippen molar-refractivity contribution in [2.24, 2.45) is 0 Å². The maximum Gasteiger partial charge on any atom is 0.255 e. The zero-order valence-corrected chi connectivity index (χ0v) is 15.9. The van der Waals surface area contributed by atoms with Crippen LogP contribution in [0.1, 0.15) is 34.0 Å². The summed E-state index contributed by atoms with van der Waals surface area (Å²) < 4.78 is 0. The van der Waals surface area contributed by atoms with E-state index >= 15 is 0 Å². The maximum absolute atomic E-state index is 13.0. The molecular formula is C18H24N6O4. The van der Waals surface area contributed by atoms with Crippen molar-refractivity contribution in [3.05, 3.63) is 45.4 Å². The van der Waals surface area contributed by atoms with Crippen molar-refractivity contribution in [2.45, 2.75) is 32.7 Å². The fraction of sp³-hybridized carbons (Fsp3) is 0.500. The molecule has 10 nitrogen and oxygen atoms in total. The lowest BCUT2D eigenvalue weighted by Crippen LogP contribution is -2.57. The molecule has 0 aromatic carbocycles. The predicted octanol–water partition coefficient (Wildman–Crippen LogP) is -0.612. The molecule has 3 rings (SSSR count). The van der Waals surface area contributed by atoms with Crippen molar-refractivity contribution in [2.75, 3.05) is 26.2 Å². The van der Waals surface area contributed by atoms with E-state index in [9.17, 15) is 19.5 Å². The molecule has 2 amide bonds. The molecule has 28 heavy (non-hydrogen) atoms. The molecule has 3 N–H and O–H groups in total. The van der Waals surface area contributed by atoms with Gasteiger partial charge in [-0.1, -0.05) is 0 Å². The summed E-state index contributed by atoms with van der Waals surface area (Å²) in [5.74, 6) is 0.745. The molecular weight excluding hydrogens is 364 g/mol. The van der Waals surface area contributed by atoms with Gasteiger partial charge >= 0.3 is 0 Å². The Bertz CT molecular complexity index is 921. The molecule has 0 aliphatic carbocycles. The average molecular weight is 388 g/mol. The number of nitrogens with one attached hydrogen (secondary N) is 2. The number of aromatic nitrogens is 4. The number of hydrogen-bond acceptors (Lipinski definition) is 6. The van der Waals surface area contributed by atoms with Crippen LogP contribution < -0.4 is 5.56 Å². The Morgan fingerprint density at radius 3 is 2.75 bits per heavy atom. The summed E-state index contributed by atoms with van der Waals surface area (Å²) in [4.78, 5) is 47.0. The van der Waals surface area contributed by atoms with E-state index in [1.807, 2.05) is 0 Å². The highest BCUT2D eigenvalue weighted by molar-refractivity contribution is 5.95. The molecule has 2 aromatic heterocycles. The van der Waals surface area contributed by atoms with Crippen molar-refractivity contribution >= 4 is 11.8 Å². The number of carbonyl (C=O) groups excluding carboxylic acids is 2. The SMILES string of the molecule is Cc1nc(CC(=O)N2CCN(C(=O)c3c[nH]c(=O)cc3C)C(CCO)C2)n[nH]1. The molecule has 0 bridgehead atoms. The molecule has 1 unspecified atom stereocenters. The molecule has 1 aliphatic heterocycles. The predicted molar refractivity (Wildman–Crippen MR) is 99.7 cm³/mol. The van der Waals surface area contributed by atoms with E-state index in [1.165, 1.54) is 12.3 Å². The highest BCUT2D eigenvalue weighted by atomic mass is 16.3. The minimum Gasteiger partial charge on any atom is -0.396 e. The van der Waals surface area contributed by atoms with Gasteiger partial charge in [0, 0.05) is 38.5 Å². The Labute approximate surface area is 161 Å². The Morgan fingerprint density at radius 2 is 2.11 bits per heavy atom. The summed E-state index contributed by atoms with van der Waals surface area (Å²) in [6.07, 6.45) is 1.86. The topological polar surface area (TPSA) is 135 Å². The number of aliphatic hydroxyl groups excluding tert-OH is 1. The zero-order valence-electron chi connectivity index (χ0n) is 15.9. The van der Waals surface area contributed by atoms with Gasteiger partial charge < -0.3 is 19.9 Å². The molecule has 3 heterocycles. The second kappa shape index (κ2) is 8.34. The van der Waals surface area contributed by atoms with Gasteiger partial charge in [-0.3, -0.25) is 19.5 Å². The molecule has 10 heteroatoms. The molecule has 0 saturated carbocycles. The number of aromatic amines is 2. The van der Waals surface area contributed by atoms with E-state index < -0.39 is 0 Å². The molecule has 0 spiro atoms. The van der Waals surface area contributed by atoms with Crippen LogP contribution in [0, 0.1) is 13.8 Å². The number of hydrogen-bond donors (Lipinski definition) is 3. The molecule has 1 fully saturated rings. The lowest BCUT2D eigenvalue weighted by atomic mass is 10.0. The molecule has 150 valence electrons. The van der Waals surface area contributed by atoms with Crippen LogP contribution in [-0.2, 0) is 11.2 Å². The maximum atomic E-state index is 13.0. The second-order valence-corrected chi connectivity index (χ2v) is 6.91. The van der Waals surface area contributed by atoms with Crippen LogP contribution in [0.5, 0.6) is 0 Å². The van der Waals surface area contributed by atoms with Gasteiger partial charge in [-0.2, -0.15) is 5.10 Å². The van der Waals surface area contributed by atoms with Crippen LogP contribution in [0.25, 0.3) is 0 Å². The number of aliphatic hydroxyl groups is 1. The minimum absolute atomic E-state index is 0.0865. The van der Waals surface area contributed by atoms with Gasteiger partial charge in [0.15, 0.2) is 5.82 Å². The highest BCUT2D eigenvalue weighted by Crippen LogP contribution is 2.18. The summed E-state index contributed by atoms with van der Waals surface area (Å²) in [6.45, 7) is 4.45. The second-order valence-electron chi connectivity index (χ2n) is 6.91. The largest absolute Gasteiger partial charge is 0.396 e. The Kier molecular flexibility index (Phi) is 5.88. The number of piperazine rings is 1. The van der Waals surface area contributed by atoms with Crippen LogP contribution in [-0.4, -0.2) is 79.2 Å². The van der Waals surface area contributed by atoms with Crippen molar-refractivity contribution in [1.29, 1.82) is 0 Å². The van der Waals surface area contributed by atoms with Crippen molar-refractivity contribution in [3.8, 4) is 0 Å². The first kappa shape index (κ1) is 19.7. The van der Waals surface area contributed by atoms with Crippen LogP contribution >= 0.6 is 0 Å². The quantitative estimate of drug-likeness (QED) is 0.625. The number of H-pyrrole nitrogens is 2. The molecule has 1 atom stereocenters. The van der Waals surface area contributed by atoms with Crippen LogP contribution in [0.15, 0.2) is 17.1 Å². The Balaban J connectivity index is 1.72. The molecule has 1 saturated heterocycles. The molecule has 0 radical (unpaired) electrons. The lowest BCUT2D eigenvalue weighted by molar-refractivity contribution is -0.133. The molecule has 2 aromatic rings. The number of pyridine rings is 1. The minimum atomic E-state index is -0.310. The fourth-order valence-electron chi connectivity index (χ4n) is 3.42. The first-order valence-corrected chi connectivity index (χ1v) is 9.16. The number of amides is 2. The van der Waals surface area contributed by atoms with Gasteiger partial charge in [0.2, 0.25) is 11.5 Å². The zero-order chi connectivity index (χ0) is 20.3. The first-order chi connectivity index (χ1) is 13.4. The third-order valence-electron chi connectivity index (χ3n) is 4.87. The van der Waals surface area contributed by atoms with E-state index in [4.69, 9.17) is 0 Å². The van der Waals surface area contributed by atoms with Crippen molar-refractivity contribution in [3.63, 3.8) is 0 Å². The van der Waals surface area contributed by atoms with Gasteiger partial charge in [-0.15, -0.1) is 0 Å². The fourth-order valence-corrected chi connectivity index (χ4v) is 3.42. The van der Waals surface area contributed by atoms with Gasteiger partial charge in [0.05, 0.1) is 18.0 Å². The Hall–Kier alpha value is -3.01. The van der Waals surface area contributed by atoms with Gasteiger partial charge in [-0.05, 0) is 25.8 Å². The first-order valence-electron chi connectivity index (χ1n) is 9.16. The number of carbonyl (C=O) groups is 2. The van der Waals surface area contributed by atoms with Crippen LogP contribution in [0.2, 0.25) is 0 Å². The third kappa shape index (κ3) is 4.28. The van der Waals surface area contributed by atoms with E-state index in [1.54, 1.807) is 23.6 Å².